The average Bonchev–Trinajstić information content (AvgIpc) is 2.56. The first-order chi connectivity index (χ1) is 10.7. The SMILES string of the molecule is CCCCCc1ccc(/C(C)=C\C(=O)N2CCOCC2)cc1. The van der Waals surface area contributed by atoms with Crippen molar-refractivity contribution in [2.75, 3.05) is 26.3 Å². The second-order valence-electron chi connectivity index (χ2n) is 5.92. The lowest BCUT2D eigenvalue weighted by atomic mass is 10.0. The molecule has 1 heterocycles. The molecule has 1 aliphatic heterocycles. The number of carbonyl (C=O) groups excluding carboxylic acids is 1. The number of allylic oxidation sites excluding steroid dienone is 1. The summed E-state index contributed by atoms with van der Waals surface area (Å²) in [6.07, 6.45) is 6.68. The van der Waals surface area contributed by atoms with Gasteiger partial charge in [-0.05, 0) is 36.5 Å². The fourth-order valence-electron chi connectivity index (χ4n) is 2.66. The molecule has 0 bridgehead atoms. The minimum Gasteiger partial charge on any atom is -0.378 e. The summed E-state index contributed by atoms with van der Waals surface area (Å²) >= 11 is 0. The summed E-state index contributed by atoms with van der Waals surface area (Å²) in [7, 11) is 0. The molecule has 0 N–H and O–H groups in total. The van der Waals surface area contributed by atoms with Crippen molar-refractivity contribution in [1.82, 2.24) is 4.90 Å². The van der Waals surface area contributed by atoms with Crippen LogP contribution in [0.5, 0.6) is 0 Å². The minimum absolute atomic E-state index is 0.0906. The van der Waals surface area contributed by atoms with Gasteiger partial charge in [-0.2, -0.15) is 0 Å². The summed E-state index contributed by atoms with van der Waals surface area (Å²) in [4.78, 5) is 14.1. The molecule has 22 heavy (non-hydrogen) atoms. The second kappa shape index (κ2) is 8.74. The fourth-order valence-corrected chi connectivity index (χ4v) is 2.66. The van der Waals surface area contributed by atoms with Gasteiger partial charge in [-0.15, -0.1) is 0 Å². The average molecular weight is 301 g/mol. The van der Waals surface area contributed by atoms with E-state index in [0.717, 1.165) is 17.6 Å². The molecule has 120 valence electrons. The van der Waals surface area contributed by atoms with E-state index in [2.05, 4.69) is 31.2 Å². The maximum atomic E-state index is 12.2. The standard InChI is InChI=1S/C19H27NO2/c1-3-4-5-6-17-7-9-18(10-8-17)16(2)15-19(21)20-11-13-22-14-12-20/h7-10,15H,3-6,11-14H2,1-2H3/b16-15-. The van der Waals surface area contributed by atoms with Gasteiger partial charge in [0, 0.05) is 19.2 Å². The Morgan fingerprint density at radius 3 is 2.50 bits per heavy atom. The molecule has 3 heteroatoms. The molecule has 2 rings (SSSR count). The van der Waals surface area contributed by atoms with Gasteiger partial charge in [0.1, 0.15) is 0 Å². The molecule has 0 spiro atoms. The third-order valence-electron chi connectivity index (χ3n) is 4.14. The van der Waals surface area contributed by atoms with Crippen LogP contribution in [0, 0.1) is 0 Å². The number of carbonyl (C=O) groups is 1. The van der Waals surface area contributed by atoms with E-state index in [1.165, 1.54) is 24.8 Å². The van der Waals surface area contributed by atoms with Crippen molar-refractivity contribution >= 4 is 11.5 Å². The number of hydrogen-bond acceptors (Lipinski definition) is 2. The van der Waals surface area contributed by atoms with Gasteiger partial charge in [0.2, 0.25) is 5.91 Å². The number of amides is 1. The number of hydrogen-bond donors (Lipinski definition) is 0. The molecule has 3 nitrogen and oxygen atoms in total. The number of nitrogens with zero attached hydrogens (tertiary/aromatic N) is 1. The third kappa shape index (κ3) is 4.99. The van der Waals surface area contributed by atoms with Crippen LogP contribution in [-0.4, -0.2) is 37.1 Å². The lowest BCUT2D eigenvalue weighted by Crippen LogP contribution is -2.39. The number of aryl methyl sites for hydroxylation is 1. The van der Waals surface area contributed by atoms with E-state index in [-0.39, 0.29) is 5.91 Å². The Kier molecular flexibility index (Phi) is 6.66. The normalized spacial score (nSPS) is 15.9. The highest BCUT2D eigenvalue weighted by Gasteiger charge is 2.14. The highest BCUT2D eigenvalue weighted by atomic mass is 16.5. The van der Waals surface area contributed by atoms with Crippen LogP contribution in [0.25, 0.3) is 5.57 Å². The number of benzene rings is 1. The molecule has 1 amide bonds. The van der Waals surface area contributed by atoms with Crippen LogP contribution in [0.4, 0.5) is 0 Å². The van der Waals surface area contributed by atoms with Crippen LogP contribution < -0.4 is 0 Å². The Hall–Kier alpha value is -1.61. The van der Waals surface area contributed by atoms with Crippen LogP contribution in [0.2, 0.25) is 0 Å². The fraction of sp³-hybridized carbons (Fsp3) is 0.526. The summed E-state index contributed by atoms with van der Waals surface area (Å²) in [5.74, 6) is 0.0906. The Bertz CT molecular complexity index is 499. The zero-order chi connectivity index (χ0) is 15.8. The molecule has 1 fully saturated rings. The number of ether oxygens (including phenoxy) is 1. The molecule has 0 aromatic heterocycles. The molecule has 0 atom stereocenters. The zero-order valence-corrected chi connectivity index (χ0v) is 13.8. The van der Waals surface area contributed by atoms with Gasteiger partial charge in [0.05, 0.1) is 13.2 Å². The van der Waals surface area contributed by atoms with Crippen molar-refractivity contribution in [3.8, 4) is 0 Å². The highest BCUT2D eigenvalue weighted by molar-refractivity contribution is 5.94. The molecule has 0 saturated carbocycles. The van der Waals surface area contributed by atoms with Gasteiger partial charge in [-0.3, -0.25) is 4.79 Å². The maximum absolute atomic E-state index is 12.2. The van der Waals surface area contributed by atoms with Gasteiger partial charge >= 0.3 is 0 Å². The number of rotatable bonds is 6. The maximum Gasteiger partial charge on any atom is 0.246 e. The van der Waals surface area contributed by atoms with Crippen LogP contribution in [0.15, 0.2) is 30.3 Å². The summed E-state index contributed by atoms with van der Waals surface area (Å²) < 4.78 is 5.28. The Morgan fingerprint density at radius 1 is 1.18 bits per heavy atom. The van der Waals surface area contributed by atoms with Gasteiger partial charge in [0.25, 0.3) is 0 Å². The second-order valence-corrected chi connectivity index (χ2v) is 5.92. The Balaban J connectivity index is 1.94. The third-order valence-corrected chi connectivity index (χ3v) is 4.14. The van der Waals surface area contributed by atoms with Crippen molar-refractivity contribution in [2.24, 2.45) is 0 Å². The van der Waals surface area contributed by atoms with E-state index in [0.29, 0.717) is 26.3 Å². The summed E-state index contributed by atoms with van der Waals surface area (Å²) in [6, 6.07) is 8.61. The number of morpholine rings is 1. The quantitative estimate of drug-likeness (QED) is 0.592. The Morgan fingerprint density at radius 2 is 1.86 bits per heavy atom. The van der Waals surface area contributed by atoms with Gasteiger partial charge < -0.3 is 9.64 Å². The van der Waals surface area contributed by atoms with Crippen molar-refractivity contribution in [1.29, 1.82) is 0 Å². The molecule has 1 aliphatic rings. The highest BCUT2D eigenvalue weighted by Crippen LogP contribution is 2.16. The first-order valence-electron chi connectivity index (χ1n) is 8.35. The summed E-state index contributed by atoms with van der Waals surface area (Å²) in [5, 5.41) is 0. The molecule has 0 radical (unpaired) electrons. The number of unbranched alkanes of at least 4 members (excludes halogenated alkanes) is 2. The van der Waals surface area contributed by atoms with Crippen molar-refractivity contribution in [3.05, 3.63) is 41.5 Å². The van der Waals surface area contributed by atoms with Crippen molar-refractivity contribution < 1.29 is 9.53 Å². The molecular formula is C19H27NO2. The smallest absolute Gasteiger partial charge is 0.246 e. The van der Waals surface area contributed by atoms with Gasteiger partial charge in [-0.1, -0.05) is 44.0 Å². The molecular weight excluding hydrogens is 274 g/mol. The molecule has 1 aromatic rings. The Labute approximate surface area is 134 Å². The van der Waals surface area contributed by atoms with E-state index in [1.807, 2.05) is 11.8 Å². The summed E-state index contributed by atoms with van der Waals surface area (Å²) in [6.45, 7) is 6.90. The van der Waals surface area contributed by atoms with Gasteiger partial charge in [0.15, 0.2) is 0 Å². The lowest BCUT2D eigenvalue weighted by Gasteiger charge is -2.25. The van der Waals surface area contributed by atoms with Gasteiger partial charge in [-0.25, -0.2) is 0 Å². The monoisotopic (exact) mass is 301 g/mol. The predicted octanol–water partition coefficient (Wildman–Crippen LogP) is 3.68. The molecule has 0 unspecified atom stereocenters. The van der Waals surface area contributed by atoms with Crippen molar-refractivity contribution in [2.45, 2.75) is 39.5 Å². The van der Waals surface area contributed by atoms with E-state index < -0.39 is 0 Å². The topological polar surface area (TPSA) is 29.5 Å². The molecule has 1 aromatic carbocycles. The van der Waals surface area contributed by atoms with E-state index in [9.17, 15) is 4.79 Å². The van der Waals surface area contributed by atoms with E-state index in [4.69, 9.17) is 4.74 Å². The largest absolute Gasteiger partial charge is 0.378 e. The lowest BCUT2D eigenvalue weighted by molar-refractivity contribution is -0.129. The predicted molar refractivity (Wildman–Crippen MR) is 90.7 cm³/mol. The minimum atomic E-state index is 0.0906. The molecule has 0 aliphatic carbocycles. The summed E-state index contributed by atoms with van der Waals surface area (Å²) in [5.41, 5.74) is 3.53. The zero-order valence-electron chi connectivity index (χ0n) is 13.8. The molecule has 1 saturated heterocycles. The first-order valence-corrected chi connectivity index (χ1v) is 8.35. The first kappa shape index (κ1) is 16.8. The van der Waals surface area contributed by atoms with E-state index in [1.54, 1.807) is 6.08 Å². The van der Waals surface area contributed by atoms with Crippen molar-refractivity contribution in [3.63, 3.8) is 0 Å². The van der Waals surface area contributed by atoms with E-state index >= 15 is 0 Å². The van der Waals surface area contributed by atoms with Crippen LogP contribution >= 0.6 is 0 Å². The van der Waals surface area contributed by atoms with Crippen LogP contribution in [-0.2, 0) is 16.0 Å². The van der Waals surface area contributed by atoms with Crippen LogP contribution in [0.3, 0.4) is 0 Å². The van der Waals surface area contributed by atoms with Crippen LogP contribution in [0.1, 0.15) is 44.2 Å².